The van der Waals surface area contributed by atoms with Crippen LogP contribution in [-0.4, -0.2) is 19.0 Å². The molecule has 0 rings (SSSR count). The Kier molecular flexibility index (Phi) is 15.9. The van der Waals surface area contributed by atoms with Crippen molar-refractivity contribution >= 4 is 0 Å². The zero-order chi connectivity index (χ0) is 18.1. The Morgan fingerprint density at radius 2 is 1.38 bits per heavy atom. The molecule has 0 aliphatic carbocycles. The lowest BCUT2D eigenvalue weighted by atomic mass is 9.99. The third kappa shape index (κ3) is 13.0. The fourth-order valence-corrected chi connectivity index (χ4v) is 3.25. The molecule has 2 heteroatoms. The summed E-state index contributed by atoms with van der Waals surface area (Å²) in [7, 11) is 1.81. The third-order valence-corrected chi connectivity index (χ3v) is 4.65. The maximum atomic E-state index is 6.15. The summed E-state index contributed by atoms with van der Waals surface area (Å²) in [5, 5.41) is 0. The van der Waals surface area contributed by atoms with Crippen molar-refractivity contribution in [1.29, 1.82) is 0 Å². The van der Waals surface area contributed by atoms with Gasteiger partial charge in [-0.15, -0.1) is 0 Å². The maximum absolute atomic E-state index is 6.15. The molecule has 0 fully saturated rings. The summed E-state index contributed by atoms with van der Waals surface area (Å²) in [6.07, 6.45) is 21.1. The molecule has 0 aromatic rings. The maximum Gasteiger partial charge on any atom is 0.168 e. The van der Waals surface area contributed by atoms with E-state index in [0.29, 0.717) is 0 Å². The van der Waals surface area contributed by atoms with Crippen LogP contribution in [0.1, 0.15) is 111 Å². The molecule has 0 spiro atoms. The lowest BCUT2D eigenvalue weighted by Crippen LogP contribution is -2.37. The van der Waals surface area contributed by atoms with Crippen LogP contribution in [0.25, 0.3) is 0 Å². The van der Waals surface area contributed by atoms with Crippen LogP contribution in [0.3, 0.4) is 0 Å². The monoisotopic (exact) mass is 340 g/mol. The summed E-state index contributed by atoms with van der Waals surface area (Å²) in [6.45, 7) is 8.55. The second-order valence-electron chi connectivity index (χ2n) is 7.32. The second-order valence-corrected chi connectivity index (χ2v) is 7.32. The Labute approximate surface area is 152 Å². The van der Waals surface area contributed by atoms with Gasteiger partial charge in [0.1, 0.15) is 0 Å². The van der Waals surface area contributed by atoms with E-state index in [4.69, 9.17) is 9.47 Å². The van der Waals surface area contributed by atoms with Gasteiger partial charge in [-0.25, -0.2) is 0 Å². The van der Waals surface area contributed by atoms with Gasteiger partial charge in [-0.2, -0.15) is 0 Å². The smallest absolute Gasteiger partial charge is 0.168 e. The van der Waals surface area contributed by atoms with Gasteiger partial charge < -0.3 is 9.47 Å². The second kappa shape index (κ2) is 16.1. The molecule has 0 aliphatic rings. The first-order valence-corrected chi connectivity index (χ1v) is 10.4. The first-order valence-electron chi connectivity index (χ1n) is 10.4. The third-order valence-electron chi connectivity index (χ3n) is 4.65. The van der Waals surface area contributed by atoms with Crippen LogP contribution >= 0.6 is 0 Å². The molecule has 0 saturated carbocycles. The highest BCUT2D eigenvalue weighted by molar-refractivity contribution is 4.76. The highest BCUT2D eigenvalue weighted by Gasteiger charge is 2.30. The van der Waals surface area contributed by atoms with Gasteiger partial charge in [0, 0.05) is 20.0 Å². The summed E-state index contributed by atoms with van der Waals surface area (Å²) in [4.78, 5) is 0. The van der Waals surface area contributed by atoms with Crippen LogP contribution < -0.4 is 0 Å². The van der Waals surface area contributed by atoms with Crippen molar-refractivity contribution in [2.75, 3.05) is 7.11 Å². The number of hydrogen-bond acceptors (Lipinski definition) is 2. The van der Waals surface area contributed by atoms with Crippen LogP contribution in [0.15, 0.2) is 12.2 Å². The molecule has 0 aromatic heterocycles. The molecular weight excluding hydrogens is 296 g/mol. The predicted molar refractivity (Wildman–Crippen MR) is 106 cm³/mol. The number of unbranched alkanes of at least 4 members (excludes halogenated alkanes) is 9. The minimum atomic E-state index is -0.350. The summed E-state index contributed by atoms with van der Waals surface area (Å²) >= 11 is 0. The van der Waals surface area contributed by atoms with Crippen LogP contribution in [0.5, 0.6) is 0 Å². The van der Waals surface area contributed by atoms with Crippen molar-refractivity contribution in [1.82, 2.24) is 0 Å². The van der Waals surface area contributed by atoms with E-state index in [-0.39, 0.29) is 11.9 Å². The van der Waals surface area contributed by atoms with Crippen molar-refractivity contribution in [3.8, 4) is 0 Å². The fraction of sp³-hybridized carbons (Fsp3) is 0.909. The van der Waals surface area contributed by atoms with Crippen LogP contribution in [-0.2, 0) is 9.47 Å². The molecule has 1 atom stereocenters. The van der Waals surface area contributed by atoms with Crippen molar-refractivity contribution in [3.05, 3.63) is 12.2 Å². The normalized spacial score (nSPS) is 14.6. The lowest BCUT2D eigenvalue weighted by molar-refractivity contribution is -0.248. The van der Waals surface area contributed by atoms with Crippen molar-refractivity contribution in [2.45, 2.75) is 123 Å². The van der Waals surface area contributed by atoms with Crippen molar-refractivity contribution < 1.29 is 9.47 Å². The molecule has 0 amide bonds. The Hall–Kier alpha value is -0.340. The Morgan fingerprint density at radius 1 is 0.833 bits per heavy atom. The molecule has 2 nitrogen and oxygen atoms in total. The van der Waals surface area contributed by atoms with Crippen molar-refractivity contribution in [3.63, 3.8) is 0 Å². The highest BCUT2D eigenvalue weighted by Crippen LogP contribution is 2.29. The van der Waals surface area contributed by atoms with Crippen molar-refractivity contribution in [2.24, 2.45) is 0 Å². The topological polar surface area (TPSA) is 18.5 Å². The van der Waals surface area contributed by atoms with Crippen LogP contribution in [0, 0.1) is 0 Å². The average Bonchev–Trinajstić information content (AvgIpc) is 2.57. The Morgan fingerprint density at radius 3 is 1.88 bits per heavy atom. The molecule has 0 heterocycles. The summed E-state index contributed by atoms with van der Waals surface area (Å²) in [5.74, 6) is -0.350. The molecular formula is C22H44O2. The average molecular weight is 341 g/mol. The number of methoxy groups -OCH3 is 1. The summed E-state index contributed by atoms with van der Waals surface area (Å²) in [6, 6.07) is 0. The van der Waals surface area contributed by atoms with E-state index in [1.54, 1.807) is 0 Å². The number of allylic oxidation sites excluding steroid dienone is 2. The molecule has 0 bridgehead atoms. The van der Waals surface area contributed by atoms with Gasteiger partial charge >= 0.3 is 0 Å². The lowest BCUT2D eigenvalue weighted by Gasteiger charge is -2.34. The van der Waals surface area contributed by atoms with E-state index in [1.165, 1.54) is 70.6 Å². The van der Waals surface area contributed by atoms with Gasteiger partial charge in [0.2, 0.25) is 0 Å². The van der Waals surface area contributed by atoms with E-state index in [2.05, 4.69) is 39.8 Å². The zero-order valence-corrected chi connectivity index (χ0v) is 17.2. The molecule has 0 N–H and O–H groups in total. The van der Waals surface area contributed by atoms with Gasteiger partial charge in [-0.05, 0) is 46.5 Å². The van der Waals surface area contributed by atoms with Gasteiger partial charge in [-0.1, -0.05) is 64.0 Å². The quantitative estimate of drug-likeness (QED) is 0.156. The summed E-state index contributed by atoms with van der Waals surface area (Å²) in [5.41, 5.74) is 0. The predicted octanol–water partition coefficient (Wildman–Crippen LogP) is 7.42. The molecule has 0 unspecified atom stereocenters. The molecule has 144 valence electrons. The first kappa shape index (κ1) is 23.7. The standard InChI is InChI=1S/C22H44O2/c1-6-8-10-11-12-13-14-15-16-17-18-20-22(23-5,19-9-7-2)24-21(3)4/h6,8,21H,7,9-20H2,1-5H3/t22-/m0/s1. The first-order chi connectivity index (χ1) is 11.6. The van der Waals surface area contributed by atoms with Gasteiger partial charge in [-0.3, -0.25) is 0 Å². The number of rotatable bonds is 17. The van der Waals surface area contributed by atoms with E-state index in [1.807, 2.05) is 7.11 Å². The van der Waals surface area contributed by atoms with E-state index in [0.717, 1.165) is 12.8 Å². The molecule has 0 aliphatic heterocycles. The number of ether oxygens (including phenoxy) is 2. The fourth-order valence-electron chi connectivity index (χ4n) is 3.25. The van der Waals surface area contributed by atoms with E-state index in [9.17, 15) is 0 Å². The Balaban J connectivity index is 3.79. The summed E-state index contributed by atoms with van der Waals surface area (Å²) < 4.78 is 12.0. The minimum absolute atomic E-state index is 0.226. The van der Waals surface area contributed by atoms with Gasteiger partial charge in [0.15, 0.2) is 5.79 Å². The molecule has 0 saturated heterocycles. The van der Waals surface area contributed by atoms with Crippen LogP contribution in [0.4, 0.5) is 0 Å². The van der Waals surface area contributed by atoms with E-state index < -0.39 is 0 Å². The van der Waals surface area contributed by atoms with E-state index >= 15 is 0 Å². The van der Waals surface area contributed by atoms with Crippen LogP contribution in [0.2, 0.25) is 0 Å². The highest BCUT2D eigenvalue weighted by atomic mass is 16.7. The molecule has 24 heavy (non-hydrogen) atoms. The largest absolute Gasteiger partial charge is 0.353 e. The van der Waals surface area contributed by atoms with Gasteiger partial charge in [0.05, 0.1) is 6.10 Å². The number of hydrogen-bond donors (Lipinski definition) is 0. The van der Waals surface area contributed by atoms with Gasteiger partial charge in [0.25, 0.3) is 0 Å². The SMILES string of the molecule is CC=CCCCCCCCCCC[C@@](CCCC)(OC)OC(C)C. The minimum Gasteiger partial charge on any atom is -0.353 e. The zero-order valence-electron chi connectivity index (χ0n) is 17.2. The molecule has 0 aromatic carbocycles. The molecule has 0 radical (unpaired) electrons. The Bertz CT molecular complexity index is 286.